The average Bonchev–Trinajstić information content (AvgIpc) is 3.07. The molecule has 3 rings (SSSR count). The van der Waals surface area contributed by atoms with Crippen LogP contribution < -0.4 is 19.1 Å². The molecule has 1 aliphatic rings. The van der Waals surface area contributed by atoms with Crippen molar-refractivity contribution in [2.75, 3.05) is 32.2 Å². The van der Waals surface area contributed by atoms with Crippen LogP contribution in [0, 0.1) is 0 Å². The monoisotopic (exact) mass is 392 g/mol. The second-order valence-electron chi connectivity index (χ2n) is 5.84. The van der Waals surface area contributed by atoms with Crippen molar-refractivity contribution in [2.24, 2.45) is 0 Å². The van der Waals surface area contributed by atoms with E-state index in [1.807, 2.05) is 0 Å². The molecule has 1 atom stereocenters. The molecule has 1 aliphatic heterocycles. The molecule has 9 heteroatoms. The highest BCUT2D eigenvalue weighted by Crippen LogP contribution is 2.24. The number of ether oxygens (including phenoxy) is 3. The fourth-order valence-corrected chi connectivity index (χ4v) is 3.71. The van der Waals surface area contributed by atoms with E-state index >= 15 is 0 Å². The van der Waals surface area contributed by atoms with E-state index in [1.54, 1.807) is 43.5 Å². The van der Waals surface area contributed by atoms with Crippen LogP contribution >= 0.6 is 0 Å². The summed E-state index contributed by atoms with van der Waals surface area (Å²) in [6.45, 7) is 0.225. The predicted octanol–water partition coefficient (Wildman–Crippen LogP) is 2.01. The molecule has 2 aromatic carbocycles. The van der Waals surface area contributed by atoms with Crippen molar-refractivity contribution >= 4 is 21.8 Å². The number of cyclic esters (lactones) is 1. The van der Waals surface area contributed by atoms with Crippen LogP contribution in [0.3, 0.4) is 0 Å². The zero-order valence-corrected chi connectivity index (χ0v) is 15.7. The molecule has 2 aromatic rings. The van der Waals surface area contributed by atoms with Crippen molar-refractivity contribution in [2.45, 2.75) is 11.0 Å². The van der Waals surface area contributed by atoms with Gasteiger partial charge in [-0.2, -0.15) is 0 Å². The fourth-order valence-electron chi connectivity index (χ4n) is 2.64. The summed E-state index contributed by atoms with van der Waals surface area (Å²) in [5.41, 5.74) is 0.654. The summed E-state index contributed by atoms with van der Waals surface area (Å²) in [6, 6.07) is 13.0. The Morgan fingerprint density at radius 2 is 1.59 bits per heavy atom. The van der Waals surface area contributed by atoms with E-state index in [-0.39, 0.29) is 18.0 Å². The van der Waals surface area contributed by atoms with Crippen molar-refractivity contribution in [3.63, 3.8) is 0 Å². The maximum atomic E-state index is 12.4. The minimum Gasteiger partial charge on any atom is -0.497 e. The molecule has 1 saturated heterocycles. The van der Waals surface area contributed by atoms with Crippen molar-refractivity contribution < 1.29 is 27.4 Å². The van der Waals surface area contributed by atoms with E-state index in [9.17, 15) is 13.2 Å². The van der Waals surface area contributed by atoms with Crippen LogP contribution in [0.2, 0.25) is 0 Å². The number of nitrogens with zero attached hydrogens (tertiary/aromatic N) is 1. The number of carbonyl (C=O) groups is 1. The van der Waals surface area contributed by atoms with Gasteiger partial charge in [-0.25, -0.2) is 17.9 Å². The van der Waals surface area contributed by atoms with Crippen LogP contribution in [0.5, 0.6) is 11.5 Å². The molecule has 1 N–H and O–H groups in total. The lowest BCUT2D eigenvalue weighted by Crippen LogP contribution is -2.34. The Hall–Kier alpha value is -2.78. The largest absolute Gasteiger partial charge is 0.497 e. The van der Waals surface area contributed by atoms with Gasteiger partial charge in [0, 0.05) is 12.2 Å². The molecule has 1 unspecified atom stereocenters. The molecule has 0 bridgehead atoms. The maximum Gasteiger partial charge on any atom is 0.414 e. The highest BCUT2D eigenvalue weighted by Gasteiger charge is 2.33. The molecule has 0 radical (unpaired) electrons. The lowest BCUT2D eigenvalue weighted by molar-refractivity contribution is 0.143. The zero-order chi connectivity index (χ0) is 19.4. The fraction of sp³-hybridized carbons (Fsp3) is 0.278. The summed E-state index contributed by atoms with van der Waals surface area (Å²) < 4.78 is 42.6. The van der Waals surface area contributed by atoms with Crippen molar-refractivity contribution in [3.05, 3.63) is 48.5 Å². The molecule has 8 nitrogen and oxygen atoms in total. The molecule has 144 valence electrons. The summed E-state index contributed by atoms with van der Waals surface area (Å²) in [6.07, 6.45) is -1.11. The van der Waals surface area contributed by atoms with Crippen molar-refractivity contribution in [1.29, 1.82) is 0 Å². The number of sulfonamides is 1. The van der Waals surface area contributed by atoms with Gasteiger partial charge in [0.2, 0.25) is 10.0 Å². The molecular weight excluding hydrogens is 372 g/mol. The van der Waals surface area contributed by atoms with Crippen LogP contribution in [0.1, 0.15) is 0 Å². The van der Waals surface area contributed by atoms with Gasteiger partial charge in [0.1, 0.15) is 17.6 Å². The first-order valence-electron chi connectivity index (χ1n) is 8.19. The number of carbonyl (C=O) groups excluding carboxylic acids is 1. The second kappa shape index (κ2) is 7.85. The van der Waals surface area contributed by atoms with E-state index in [0.717, 1.165) is 0 Å². The number of hydrogen-bond donors (Lipinski definition) is 1. The lowest BCUT2D eigenvalue weighted by atomic mass is 10.2. The van der Waals surface area contributed by atoms with E-state index in [1.165, 1.54) is 24.1 Å². The minimum atomic E-state index is -3.71. The van der Waals surface area contributed by atoms with Gasteiger partial charge in [-0.1, -0.05) is 0 Å². The quantitative estimate of drug-likeness (QED) is 0.775. The number of hydrogen-bond acceptors (Lipinski definition) is 6. The topological polar surface area (TPSA) is 94.2 Å². The lowest BCUT2D eigenvalue weighted by Gasteiger charge is -2.13. The first-order valence-corrected chi connectivity index (χ1v) is 9.67. The van der Waals surface area contributed by atoms with Gasteiger partial charge < -0.3 is 14.2 Å². The van der Waals surface area contributed by atoms with Gasteiger partial charge in [0.05, 0.1) is 25.7 Å². The average molecular weight is 392 g/mol. The maximum absolute atomic E-state index is 12.4. The van der Waals surface area contributed by atoms with Gasteiger partial charge in [-0.05, 0) is 48.5 Å². The van der Waals surface area contributed by atoms with Gasteiger partial charge in [-0.15, -0.1) is 0 Å². The smallest absolute Gasteiger partial charge is 0.414 e. The van der Waals surface area contributed by atoms with Crippen LogP contribution in [0.4, 0.5) is 10.5 Å². The SMILES string of the molecule is COc1ccc(N2CC(CNS(=O)(=O)c3ccc(OC)cc3)OC2=O)cc1. The summed E-state index contributed by atoms with van der Waals surface area (Å²) in [7, 11) is -0.649. The number of anilines is 1. The summed E-state index contributed by atoms with van der Waals surface area (Å²) >= 11 is 0. The zero-order valence-electron chi connectivity index (χ0n) is 14.9. The van der Waals surface area contributed by atoms with E-state index in [0.29, 0.717) is 17.2 Å². The van der Waals surface area contributed by atoms with Gasteiger partial charge in [0.25, 0.3) is 0 Å². The second-order valence-corrected chi connectivity index (χ2v) is 7.61. The first kappa shape index (κ1) is 19.0. The Morgan fingerprint density at radius 3 is 2.15 bits per heavy atom. The van der Waals surface area contributed by atoms with E-state index < -0.39 is 22.2 Å². The van der Waals surface area contributed by atoms with Crippen molar-refractivity contribution in [1.82, 2.24) is 4.72 Å². The number of methoxy groups -OCH3 is 2. The van der Waals surface area contributed by atoms with Gasteiger partial charge in [0.15, 0.2) is 0 Å². The highest BCUT2D eigenvalue weighted by molar-refractivity contribution is 7.89. The molecule has 0 aromatic heterocycles. The molecule has 1 amide bonds. The van der Waals surface area contributed by atoms with Gasteiger partial charge >= 0.3 is 6.09 Å². The third-order valence-electron chi connectivity index (χ3n) is 4.13. The number of nitrogens with one attached hydrogen (secondary N) is 1. The summed E-state index contributed by atoms with van der Waals surface area (Å²) in [4.78, 5) is 13.6. The Bertz CT molecular complexity index is 896. The van der Waals surface area contributed by atoms with E-state index in [2.05, 4.69) is 4.72 Å². The molecule has 1 fully saturated rings. The third kappa shape index (κ3) is 4.32. The number of rotatable bonds is 7. The standard InChI is InChI=1S/C18H20N2O6S/c1-24-14-5-3-13(4-6-14)20-12-16(26-18(20)21)11-19-27(22,23)17-9-7-15(25-2)8-10-17/h3-10,16,19H,11-12H2,1-2H3. The number of benzene rings is 2. The normalized spacial score (nSPS) is 16.9. The molecule has 27 heavy (non-hydrogen) atoms. The first-order chi connectivity index (χ1) is 12.9. The van der Waals surface area contributed by atoms with Crippen LogP contribution in [0.25, 0.3) is 0 Å². The Kier molecular flexibility index (Phi) is 5.52. The molecule has 1 heterocycles. The highest BCUT2D eigenvalue weighted by atomic mass is 32.2. The predicted molar refractivity (Wildman–Crippen MR) is 98.8 cm³/mol. The third-order valence-corrected chi connectivity index (χ3v) is 5.57. The summed E-state index contributed by atoms with van der Waals surface area (Å²) in [5.74, 6) is 1.24. The van der Waals surface area contributed by atoms with E-state index in [4.69, 9.17) is 14.2 Å². The molecular formula is C18H20N2O6S. The van der Waals surface area contributed by atoms with Crippen molar-refractivity contribution in [3.8, 4) is 11.5 Å². The molecule has 0 aliphatic carbocycles. The van der Waals surface area contributed by atoms with Crippen LogP contribution in [-0.4, -0.2) is 47.9 Å². The Balaban J connectivity index is 1.62. The Labute approximate surface area is 157 Å². The Morgan fingerprint density at radius 1 is 1.04 bits per heavy atom. The number of amides is 1. The molecule has 0 saturated carbocycles. The van der Waals surface area contributed by atoms with Gasteiger partial charge in [-0.3, -0.25) is 4.90 Å². The molecule has 0 spiro atoms. The minimum absolute atomic E-state index is 0.0211. The summed E-state index contributed by atoms with van der Waals surface area (Å²) in [5, 5.41) is 0. The van der Waals surface area contributed by atoms with Crippen LogP contribution in [-0.2, 0) is 14.8 Å². The van der Waals surface area contributed by atoms with Crippen LogP contribution in [0.15, 0.2) is 53.4 Å².